The lowest BCUT2D eigenvalue weighted by Crippen LogP contribution is -2.25. The molecule has 1 amide bonds. The van der Waals surface area contributed by atoms with Crippen LogP contribution < -0.4 is 20.3 Å². The number of H-pyrrole nitrogens is 1. The van der Waals surface area contributed by atoms with E-state index in [0.29, 0.717) is 36.0 Å². The molecule has 0 unspecified atom stereocenters. The summed E-state index contributed by atoms with van der Waals surface area (Å²) in [5, 5.41) is 10.7. The predicted molar refractivity (Wildman–Crippen MR) is 102 cm³/mol. The smallest absolute Gasteiger partial charge is 0.273 e. The van der Waals surface area contributed by atoms with E-state index in [1.807, 2.05) is 6.92 Å². The van der Waals surface area contributed by atoms with Crippen LogP contribution in [0.1, 0.15) is 25.5 Å². The van der Waals surface area contributed by atoms with Gasteiger partial charge >= 0.3 is 0 Å². The number of hydrogen-bond acceptors (Lipinski definition) is 6. The second-order valence-electron chi connectivity index (χ2n) is 5.76. The molecule has 0 radical (unpaired) electrons. The molecule has 1 aromatic heterocycles. The number of carbonyl (C=O) groups is 1. The lowest BCUT2D eigenvalue weighted by molar-refractivity contribution is -0.120. The number of aromatic amines is 1. The summed E-state index contributed by atoms with van der Waals surface area (Å²) in [6, 6.07) is 5.27. The molecule has 2 aromatic rings. The molecule has 0 saturated carbocycles. The standard InChI is InChI=1S/C19H24N4O4/c1-4-10-20-17(24)9-7-14-19(25)21-18(23-22-14)13-6-8-15(27-11-5-2)16(12-13)26-3/h4,6,8,12H,1,5,7,9-11H2,2-3H3,(H,20,24)(H,21,23,25). The average molecular weight is 372 g/mol. The zero-order valence-corrected chi connectivity index (χ0v) is 15.6. The van der Waals surface area contributed by atoms with Crippen molar-refractivity contribution in [1.29, 1.82) is 0 Å². The molecule has 0 aliphatic heterocycles. The molecule has 1 aromatic carbocycles. The van der Waals surface area contributed by atoms with Crippen LogP contribution in [0, 0.1) is 0 Å². The molecule has 0 aliphatic rings. The first kappa shape index (κ1) is 20.2. The third-order valence-corrected chi connectivity index (χ3v) is 3.70. The van der Waals surface area contributed by atoms with E-state index in [9.17, 15) is 9.59 Å². The van der Waals surface area contributed by atoms with Gasteiger partial charge in [0.2, 0.25) is 5.91 Å². The van der Waals surface area contributed by atoms with Crippen molar-refractivity contribution >= 4 is 5.91 Å². The number of aryl methyl sites for hydroxylation is 1. The third-order valence-electron chi connectivity index (χ3n) is 3.70. The van der Waals surface area contributed by atoms with Gasteiger partial charge < -0.3 is 19.8 Å². The van der Waals surface area contributed by atoms with E-state index >= 15 is 0 Å². The van der Waals surface area contributed by atoms with Gasteiger partial charge in [-0.15, -0.1) is 16.8 Å². The van der Waals surface area contributed by atoms with Crippen LogP contribution >= 0.6 is 0 Å². The fourth-order valence-corrected chi connectivity index (χ4v) is 2.31. The molecule has 0 saturated heterocycles. The number of aromatic nitrogens is 3. The number of carbonyl (C=O) groups excluding carboxylic acids is 1. The van der Waals surface area contributed by atoms with Crippen LogP contribution in [0.15, 0.2) is 35.6 Å². The van der Waals surface area contributed by atoms with Gasteiger partial charge in [-0.1, -0.05) is 13.0 Å². The molecular weight excluding hydrogens is 348 g/mol. The second-order valence-corrected chi connectivity index (χ2v) is 5.76. The number of amides is 1. The molecule has 0 atom stereocenters. The van der Waals surface area contributed by atoms with Gasteiger partial charge in [0, 0.05) is 24.9 Å². The molecule has 0 bridgehead atoms. The highest BCUT2D eigenvalue weighted by molar-refractivity contribution is 5.76. The van der Waals surface area contributed by atoms with Crippen LogP contribution in [0.25, 0.3) is 11.4 Å². The molecule has 1 heterocycles. The molecule has 144 valence electrons. The number of hydrogen-bond donors (Lipinski definition) is 2. The minimum atomic E-state index is -0.373. The Morgan fingerprint density at radius 2 is 2.15 bits per heavy atom. The quantitative estimate of drug-likeness (QED) is 0.617. The molecule has 0 aliphatic carbocycles. The Bertz CT molecular complexity index is 848. The van der Waals surface area contributed by atoms with Crippen LogP contribution in [0.4, 0.5) is 0 Å². The maximum Gasteiger partial charge on any atom is 0.273 e. The highest BCUT2D eigenvalue weighted by atomic mass is 16.5. The molecule has 8 nitrogen and oxygen atoms in total. The van der Waals surface area contributed by atoms with E-state index in [-0.39, 0.29) is 30.0 Å². The summed E-state index contributed by atoms with van der Waals surface area (Å²) in [4.78, 5) is 26.5. The third kappa shape index (κ3) is 5.67. The van der Waals surface area contributed by atoms with Gasteiger partial charge in [-0.3, -0.25) is 9.59 Å². The zero-order valence-electron chi connectivity index (χ0n) is 15.6. The maximum absolute atomic E-state index is 12.2. The van der Waals surface area contributed by atoms with E-state index < -0.39 is 0 Å². The number of methoxy groups -OCH3 is 1. The Morgan fingerprint density at radius 3 is 2.81 bits per heavy atom. The van der Waals surface area contributed by atoms with Gasteiger partial charge in [0.05, 0.1) is 13.7 Å². The molecule has 2 rings (SSSR count). The fourth-order valence-electron chi connectivity index (χ4n) is 2.31. The molecule has 0 fully saturated rings. The minimum absolute atomic E-state index is 0.155. The molecular formula is C19H24N4O4. The summed E-state index contributed by atoms with van der Waals surface area (Å²) in [5.41, 5.74) is 0.486. The highest BCUT2D eigenvalue weighted by Crippen LogP contribution is 2.31. The van der Waals surface area contributed by atoms with Crippen LogP contribution in [0.3, 0.4) is 0 Å². The molecule has 0 spiro atoms. The van der Waals surface area contributed by atoms with Gasteiger partial charge in [0.25, 0.3) is 5.56 Å². The number of nitrogens with one attached hydrogen (secondary N) is 2. The summed E-state index contributed by atoms with van der Waals surface area (Å²) >= 11 is 0. The summed E-state index contributed by atoms with van der Waals surface area (Å²) in [7, 11) is 1.55. The Balaban J connectivity index is 2.13. The Morgan fingerprint density at radius 1 is 1.33 bits per heavy atom. The van der Waals surface area contributed by atoms with Crippen molar-refractivity contribution in [2.24, 2.45) is 0 Å². The summed E-state index contributed by atoms with van der Waals surface area (Å²) < 4.78 is 11.0. The number of ether oxygens (including phenoxy) is 2. The highest BCUT2D eigenvalue weighted by Gasteiger charge is 2.12. The van der Waals surface area contributed by atoms with Crippen LogP contribution in [0.5, 0.6) is 11.5 Å². The zero-order chi connectivity index (χ0) is 19.6. The van der Waals surface area contributed by atoms with Crippen molar-refractivity contribution in [1.82, 2.24) is 20.5 Å². The predicted octanol–water partition coefficient (Wildman–Crippen LogP) is 1.86. The molecule has 8 heteroatoms. The van der Waals surface area contributed by atoms with Gasteiger partial charge in [-0.05, 0) is 24.6 Å². The van der Waals surface area contributed by atoms with Crippen molar-refractivity contribution in [3.63, 3.8) is 0 Å². The van der Waals surface area contributed by atoms with Gasteiger partial charge in [-0.2, -0.15) is 0 Å². The van der Waals surface area contributed by atoms with Crippen LogP contribution in [-0.4, -0.2) is 41.3 Å². The Hall–Kier alpha value is -3.16. The topological polar surface area (TPSA) is 106 Å². The number of nitrogens with zero attached hydrogens (tertiary/aromatic N) is 2. The van der Waals surface area contributed by atoms with E-state index in [1.165, 1.54) is 0 Å². The lowest BCUT2D eigenvalue weighted by atomic mass is 10.2. The monoisotopic (exact) mass is 372 g/mol. The first-order valence-corrected chi connectivity index (χ1v) is 8.73. The largest absolute Gasteiger partial charge is 0.493 e. The van der Waals surface area contributed by atoms with Gasteiger partial charge in [0.1, 0.15) is 5.69 Å². The van der Waals surface area contributed by atoms with Crippen molar-refractivity contribution in [2.75, 3.05) is 20.3 Å². The van der Waals surface area contributed by atoms with Crippen molar-refractivity contribution < 1.29 is 14.3 Å². The second kappa shape index (κ2) is 10.1. The SMILES string of the molecule is C=CCNC(=O)CCc1nnc(-c2ccc(OCCC)c(OC)c2)[nH]c1=O. The first-order valence-electron chi connectivity index (χ1n) is 8.73. The number of benzene rings is 1. The average Bonchev–Trinajstić information content (AvgIpc) is 2.69. The molecule has 2 N–H and O–H groups in total. The van der Waals surface area contributed by atoms with Crippen molar-refractivity contribution in [2.45, 2.75) is 26.2 Å². The first-order chi connectivity index (χ1) is 13.1. The van der Waals surface area contributed by atoms with Crippen LogP contribution in [0.2, 0.25) is 0 Å². The van der Waals surface area contributed by atoms with E-state index in [1.54, 1.807) is 31.4 Å². The summed E-state index contributed by atoms with van der Waals surface area (Å²) in [6.07, 6.45) is 2.84. The van der Waals surface area contributed by atoms with E-state index in [4.69, 9.17) is 9.47 Å². The molecule has 27 heavy (non-hydrogen) atoms. The fraction of sp³-hybridized carbons (Fsp3) is 0.368. The summed E-state index contributed by atoms with van der Waals surface area (Å²) in [5.74, 6) is 1.32. The minimum Gasteiger partial charge on any atom is -0.493 e. The van der Waals surface area contributed by atoms with E-state index in [2.05, 4.69) is 27.1 Å². The van der Waals surface area contributed by atoms with Crippen molar-refractivity contribution in [3.8, 4) is 22.9 Å². The van der Waals surface area contributed by atoms with Gasteiger partial charge in [0.15, 0.2) is 17.3 Å². The Labute approximate surface area is 157 Å². The van der Waals surface area contributed by atoms with Gasteiger partial charge in [-0.25, -0.2) is 0 Å². The van der Waals surface area contributed by atoms with Crippen LogP contribution in [-0.2, 0) is 11.2 Å². The normalized spacial score (nSPS) is 10.3. The van der Waals surface area contributed by atoms with E-state index in [0.717, 1.165) is 6.42 Å². The Kier molecular flexibility index (Phi) is 7.54. The van der Waals surface area contributed by atoms with Crippen molar-refractivity contribution in [3.05, 3.63) is 46.9 Å². The number of rotatable bonds is 10. The summed E-state index contributed by atoms with van der Waals surface area (Å²) in [6.45, 7) is 6.52. The maximum atomic E-state index is 12.2. The lowest BCUT2D eigenvalue weighted by Gasteiger charge is -2.11.